The van der Waals surface area contributed by atoms with Crippen molar-refractivity contribution in [2.24, 2.45) is 4.99 Å². The second kappa shape index (κ2) is 11.9. The zero-order chi connectivity index (χ0) is 19.8. The Labute approximate surface area is 195 Å². The van der Waals surface area contributed by atoms with Crippen LogP contribution in [0, 0.1) is 5.82 Å². The van der Waals surface area contributed by atoms with Crippen LogP contribution in [0.2, 0.25) is 0 Å². The van der Waals surface area contributed by atoms with Crippen LogP contribution in [0.5, 0.6) is 0 Å². The molecule has 0 aliphatic rings. The molecule has 3 aromatic rings. The summed E-state index contributed by atoms with van der Waals surface area (Å²) >= 11 is 3.27. The van der Waals surface area contributed by atoms with Gasteiger partial charge in [0.2, 0.25) is 0 Å². The van der Waals surface area contributed by atoms with Crippen molar-refractivity contribution in [2.45, 2.75) is 19.4 Å². The summed E-state index contributed by atoms with van der Waals surface area (Å²) in [6.07, 6.45) is 8.54. The van der Waals surface area contributed by atoms with Crippen LogP contribution in [0.3, 0.4) is 0 Å². The largest absolute Gasteiger partial charge is 0.356 e. The minimum Gasteiger partial charge on any atom is -0.356 e. The first-order valence-corrected chi connectivity index (χ1v) is 9.76. The lowest BCUT2D eigenvalue weighted by atomic mass is 10.1. The Kier molecular flexibility index (Phi) is 9.52. The molecule has 0 aliphatic heterocycles. The first-order valence-electron chi connectivity index (χ1n) is 8.97. The predicted molar refractivity (Wildman–Crippen MR) is 127 cm³/mol. The van der Waals surface area contributed by atoms with E-state index in [4.69, 9.17) is 0 Å². The van der Waals surface area contributed by atoms with Crippen LogP contribution in [-0.4, -0.2) is 34.1 Å². The highest BCUT2D eigenvalue weighted by atomic mass is 127. The third-order valence-corrected chi connectivity index (χ3v) is 4.69. The van der Waals surface area contributed by atoms with Gasteiger partial charge in [-0.3, -0.25) is 9.56 Å². The zero-order valence-electron chi connectivity index (χ0n) is 16.0. The molecule has 0 saturated heterocycles. The first-order chi connectivity index (χ1) is 13.7. The molecule has 2 heterocycles. The molecule has 0 fully saturated rings. The molecule has 29 heavy (non-hydrogen) atoms. The minimum atomic E-state index is -0.178. The number of hydrogen-bond donors (Lipinski definition) is 2. The zero-order valence-corrected chi connectivity index (χ0v) is 19.9. The average molecular weight is 573 g/mol. The quantitative estimate of drug-likeness (QED) is 0.194. The molecule has 0 radical (unpaired) electrons. The summed E-state index contributed by atoms with van der Waals surface area (Å²) in [5.41, 5.74) is 1.80. The summed E-state index contributed by atoms with van der Waals surface area (Å²) in [6.45, 7) is 1.32. The maximum Gasteiger partial charge on any atom is 0.191 e. The molecule has 0 unspecified atom stereocenters. The van der Waals surface area contributed by atoms with Crippen molar-refractivity contribution < 1.29 is 4.39 Å². The van der Waals surface area contributed by atoms with Gasteiger partial charge < -0.3 is 10.6 Å². The van der Waals surface area contributed by atoms with Crippen molar-refractivity contribution in [1.29, 1.82) is 0 Å². The number of pyridine rings is 1. The van der Waals surface area contributed by atoms with E-state index in [0.717, 1.165) is 27.8 Å². The molecule has 0 spiro atoms. The normalized spacial score (nSPS) is 11.1. The van der Waals surface area contributed by atoms with Gasteiger partial charge >= 0.3 is 0 Å². The molecule has 0 saturated carbocycles. The van der Waals surface area contributed by atoms with Gasteiger partial charge in [-0.05, 0) is 48.2 Å². The van der Waals surface area contributed by atoms with Gasteiger partial charge in [0.1, 0.15) is 18.0 Å². The van der Waals surface area contributed by atoms with Crippen molar-refractivity contribution >= 4 is 45.9 Å². The lowest BCUT2D eigenvalue weighted by Crippen LogP contribution is -2.37. The van der Waals surface area contributed by atoms with E-state index in [2.05, 4.69) is 41.5 Å². The minimum absolute atomic E-state index is 0. The SMILES string of the molecule is CN=C(NCCCc1ccc(Br)cc1F)NCc1ccnc(-n2ccnc2)c1.I. The molecule has 0 bridgehead atoms. The molecule has 6 nitrogen and oxygen atoms in total. The fourth-order valence-corrected chi connectivity index (χ4v) is 3.06. The van der Waals surface area contributed by atoms with Gasteiger partial charge in [0.25, 0.3) is 0 Å². The van der Waals surface area contributed by atoms with E-state index < -0.39 is 0 Å². The molecule has 1 aromatic carbocycles. The monoisotopic (exact) mass is 572 g/mol. The number of guanidine groups is 1. The summed E-state index contributed by atoms with van der Waals surface area (Å²) in [4.78, 5) is 12.6. The van der Waals surface area contributed by atoms with E-state index in [1.807, 2.05) is 35.0 Å². The van der Waals surface area contributed by atoms with Gasteiger partial charge in [-0.15, -0.1) is 24.0 Å². The van der Waals surface area contributed by atoms with E-state index in [1.165, 1.54) is 6.07 Å². The number of imidazole rings is 1. The van der Waals surface area contributed by atoms with Gasteiger partial charge in [-0.25, -0.2) is 14.4 Å². The molecule has 0 atom stereocenters. The summed E-state index contributed by atoms with van der Waals surface area (Å²) in [7, 11) is 1.73. The number of nitrogens with zero attached hydrogens (tertiary/aromatic N) is 4. The van der Waals surface area contributed by atoms with E-state index >= 15 is 0 Å². The second-order valence-electron chi connectivity index (χ2n) is 6.18. The summed E-state index contributed by atoms with van der Waals surface area (Å²) in [5.74, 6) is 1.34. The Morgan fingerprint density at radius 1 is 1.21 bits per heavy atom. The van der Waals surface area contributed by atoms with E-state index in [-0.39, 0.29) is 29.8 Å². The average Bonchev–Trinajstić information content (AvgIpc) is 3.24. The molecule has 2 N–H and O–H groups in total. The highest BCUT2D eigenvalue weighted by Gasteiger charge is 2.04. The van der Waals surface area contributed by atoms with E-state index in [0.29, 0.717) is 25.5 Å². The standard InChI is InChI=1S/C20H22BrFN6.HI/c1-23-20(26-7-2-3-16-4-5-17(21)12-18(16)22)27-13-15-6-8-25-19(11-15)28-10-9-24-14-28;/h4-6,8-12,14H,2-3,7,13H2,1H3,(H2,23,26,27);1H. The lowest BCUT2D eigenvalue weighted by Gasteiger charge is -2.12. The van der Waals surface area contributed by atoms with Crippen LogP contribution in [0.4, 0.5) is 4.39 Å². The molecule has 0 amide bonds. The highest BCUT2D eigenvalue weighted by molar-refractivity contribution is 14.0. The number of benzene rings is 1. The van der Waals surface area contributed by atoms with E-state index in [1.54, 1.807) is 25.8 Å². The lowest BCUT2D eigenvalue weighted by molar-refractivity contribution is 0.602. The maximum absolute atomic E-state index is 13.8. The van der Waals surface area contributed by atoms with E-state index in [9.17, 15) is 4.39 Å². The topological polar surface area (TPSA) is 67.1 Å². The van der Waals surface area contributed by atoms with Crippen LogP contribution in [0.15, 0.2) is 64.7 Å². The van der Waals surface area contributed by atoms with Crippen LogP contribution < -0.4 is 10.6 Å². The van der Waals surface area contributed by atoms with Crippen LogP contribution in [-0.2, 0) is 13.0 Å². The number of nitrogens with one attached hydrogen (secondary N) is 2. The fourth-order valence-electron chi connectivity index (χ4n) is 2.72. The number of hydrogen-bond acceptors (Lipinski definition) is 3. The van der Waals surface area contributed by atoms with Crippen molar-refractivity contribution in [1.82, 2.24) is 25.2 Å². The Hall–Kier alpha value is -2.01. The van der Waals surface area contributed by atoms with Gasteiger partial charge in [0.05, 0.1) is 0 Å². The van der Waals surface area contributed by atoms with Gasteiger partial charge in [-0.1, -0.05) is 22.0 Å². The van der Waals surface area contributed by atoms with Crippen molar-refractivity contribution in [3.05, 3.63) is 76.7 Å². The number of aromatic nitrogens is 3. The molecular formula is C20H23BrFIN6. The summed E-state index contributed by atoms with van der Waals surface area (Å²) in [6, 6.07) is 9.12. The second-order valence-corrected chi connectivity index (χ2v) is 7.10. The Balaban J connectivity index is 0.00000300. The maximum atomic E-state index is 13.8. The number of halogens is 3. The molecule has 154 valence electrons. The molecule has 0 aliphatic carbocycles. The third kappa shape index (κ3) is 7.07. The predicted octanol–water partition coefficient (Wildman–Crippen LogP) is 4.08. The first kappa shape index (κ1) is 23.3. The Morgan fingerprint density at radius 2 is 2.07 bits per heavy atom. The summed E-state index contributed by atoms with van der Waals surface area (Å²) < 4.78 is 16.5. The van der Waals surface area contributed by atoms with Gasteiger partial charge in [0, 0.05) is 43.2 Å². The van der Waals surface area contributed by atoms with Gasteiger partial charge in [0.15, 0.2) is 5.96 Å². The van der Waals surface area contributed by atoms with Crippen molar-refractivity contribution in [3.63, 3.8) is 0 Å². The van der Waals surface area contributed by atoms with Gasteiger partial charge in [-0.2, -0.15) is 0 Å². The van der Waals surface area contributed by atoms with Crippen LogP contribution in [0.25, 0.3) is 5.82 Å². The Bertz CT molecular complexity index is 932. The molecule has 2 aromatic heterocycles. The number of aryl methyl sites for hydroxylation is 1. The molecule has 9 heteroatoms. The van der Waals surface area contributed by atoms with Crippen LogP contribution >= 0.6 is 39.9 Å². The summed E-state index contributed by atoms with van der Waals surface area (Å²) in [5, 5.41) is 6.54. The highest BCUT2D eigenvalue weighted by Crippen LogP contribution is 2.16. The number of rotatable bonds is 7. The molecular weight excluding hydrogens is 550 g/mol. The van der Waals surface area contributed by atoms with Crippen molar-refractivity contribution in [2.75, 3.05) is 13.6 Å². The van der Waals surface area contributed by atoms with Crippen molar-refractivity contribution in [3.8, 4) is 5.82 Å². The third-order valence-electron chi connectivity index (χ3n) is 4.19. The fraction of sp³-hybridized carbons (Fsp3) is 0.250. The smallest absolute Gasteiger partial charge is 0.191 e. The van der Waals surface area contributed by atoms with Crippen LogP contribution in [0.1, 0.15) is 17.5 Å². The Morgan fingerprint density at radius 3 is 2.79 bits per heavy atom. The number of aliphatic imine (C=N–C) groups is 1. The molecule has 3 rings (SSSR count).